The van der Waals surface area contributed by atoms with Crippen LogP contribution in [0.1, 0.15) is 24.2 Å². The molecule has 98 valence electrons. The molecule has 1 aromatic carbocycles. The minimum absolute atomic E-state index is 0.180. The van der Waals surface area contributed by atoms with Gasteiger partial charge in [-0.3, -0.25) is 4.79 Å². The van der Waals surface area contributed by atoms with Crippen LogP contribution in [0.5, 0.6) is 5.75 Å². The van der Waals surface area contributed by atoms with Crippen molar-refractivity contribution in [2.75, 3.05) is 12.3 Å². The zero-order valence-corrected chi connectivity index (χ0v) is 10.3. The number of benzene rings is 1. The molecule has 0 aromatic heterocycles. The molecule has 1 unspecified atom stereocenters. The van der Waals surface area contributed by atoms with Crippen molar-refractivity contribution >= 4 is 17.6 Å². The lowest BCUT2D eigenvalue weighted by atomic mass is 10.2. The van der Waals surface area contributed by atoms with E-state index in [0.717, 1.165) is 0 Å². The second kappa shape index (κ2) is 5.90. The largest absolute Gasteiger partial charge is 0.480 e. The third-order valence-corrected chi connectivity index (χ3v) is 2.21. The Morgan fingerprint density at radius 2 is 2.06 bits per heavy atom. The van der Waals surface area contributed by atoms with Crippen LogP contribution in [0.2, 0.25) is 0 Å². The molecule has 0 aliphatic rings. The Kier molecular flexibility index (Phi) is 4.53. The third-order valence-electron chi connectivity index (χ3n) is 2.21. The van der Waals surface area contributed by atoms with Gasteiger partial charge in [-0.05, 0) is 26.0 Å². The lowest BCUT2D eigenvalue weighted by Gasteiger charge is -2.14. The van der Waals surface area contributed by atoms with Gasteiger partial charge >= 0.3 is 5.97 Å². The predicted molar refractivity (Wildman–Crippen MR) is 66.1 cm³/mol. The standard InChI is InChI=1S/C12H16N2O4/c1-3-17-12(16)9-5-4-8(13)6-10(9)18-7(2)11(14)15/h4-7H,3,13H2,1-2H3,(H2,14,15). The van der Waals surface area contributed by atoms with Crippen molar-refractivity contribution in [2.24, 2.45) is 5.73 Å². The van der Waals surface area contributed by atoms with Crippen molar-refractivity contribution in [1.82, 2.24) is 0 Å². The lowest BCUT2D eigenvalue weighted by molar-refractivity contribution is -0.124. The van der Waals surface area contributed by atoms with Crippen molar-refractivity contribution in [2.45, 2.75) is 20.0 Å². The molecule has 0 spiro atoms. The first-order valence-corrected chi connectivity index (χ1v) is 5.48. The number of rotatable bonds is 5. The Hall–Kier alpha value is -2.24. The van der Waals surface area contributed by atoms with E-state index in [9.17, 15) is 9.59 Å². The van der Waals surface area contributed by atoms with E-state index in [1.807, 2.05) is 0 Å². The maximum Gasteiger partial charge on any atom is 0.341 e. The second-order valence-corrected chi connectivity index (χ2v) is 3.64. The number of carbonyl (C=O) groups excluding carboxylic acids is 2. The molecule has 0 heterocycles. The first-order valence-electron chi connectivity index (χ1n) is 5.48. The first-order chi connectivity index (χ1) is 8.45. The van der Waals surface area contributed by atoms with Crippen LogP contribution in [0, 0.1) is 0 Å². The number of nitrogen functional groups attached to an aromatic ring is 1. The van der Waals surface area contributed by atoms with Crippen LogP contribution in [-0.2, 0) is 9.53 Å². The average molecular weight is 252 g/mol. The summed E-state index contributed by atoms with van der Waals surface area (Å²) in [5.74, 6) is -0.990. The highest BCUT2D eigenvalue weighted by molar-refractivity contribution is 5.93. The van der Waals surface area contributed by atoms with Gasteiger partial charge in [0.05, 0.1) is 6.61 Å². The molecule has 0 aliphatic heterocycles. The molecule has 18 heavy (non-hydrogen) atoms. The number of carbonyl (C=O) groups is 2. The van der Waals surface area contributed by atoms with Crippen LogP contribution >= 0.6 is 0 Å². The normalized spacial score (nSPS) is 11.7. The van der Waals surface area contributed by atoms with Crippen molar-refractivity contribution in [3.05, 3.63) is 23.8 Å². The van der Waals surface area contributed by atoms with Crippen LogP contribution in [0.25, 0.3) is 0 Å². The molecule has 1 rings (SSSR count). The summed E-state index contributed by atoms with van der Waals surface area (Å²) in [5.41, 5.74) is 11.3. The van der Waals surface area contributed by atoms with Gasteiger partial charge in [0.2, 0.25) is 0 Å². The number of nitrogens with two attached hydrogens (primary N) is 2. The van der Waals surface area contributed by atoms with E-state index in [2.05, 4.69) is 0 Å². The summed E-state index contributed by atoms with van der Waals surface area (Å²) in [6.07, 6.45) is -0.861. The topological polar surface area (TPSA) is 105 Å². The zero-order chi connectivity index (χ0) is 13.7. The Labute approximate surface area is 105 Å². The second-order valence-electron chi connectivity index (χ2n) is 3.64. The quantitative estimate of drug-likeness (QED) is 0.592. The molecule has 0 bridgehead atoms. The Balaban J connectivity index is 3.03. The van der Waals surface area contributed by atoms with Gasteiger partial charge in [-0.2, -0.15) is 0 Å². The molecule has 4 N–H and O–H groups in total. The van der Waals surface area contributed by atoms with Crippen molar-refractivity contribution in [3.63, 3.8) is 0 Å². The van der Waals surface area contributed by atoms with Crippen molar-refractivity contribution in [1.29, 1.82) is 0 Å². The predicted octanol–water partition coefficient (Wildman–Crippen LogP) is 0.698. The molecule has 6 heteroatoms. The number of ether oxygens (including phenoxy) is 2. The highest BCUT2D eigenvalue weighted by Crippen LogP contribution is 2.23. The summed E-state index contributed by atoms with van der Waals surface area (Å²) in [4.78, 5) is 22.6. The molecule has 1 aromatic rings. The van der Waals surface area contributed by atoms with Crippen LogP contribution in [0.4, 0.5) is 5.69 Å². The lowest BCUT2D eigenvalue weighted by Crippen LogP contribution is -2.31. The van der Waals surface area contributed by atoms with Gasteiger partial charge in [0, 0.05) is 11.8 Å². The summed E-state index contributed by atoms with van der Waals surface area (Å²) in [6.45, 7) is 3.43. The summed E-state index contributed by atoms with van der Waals surface area (Å²) in [5, 5.41) is 0. The molecule has 0 saturated carbocycles. The highest BCUT2D eigenvalue weighted by atomic mass is 16.5. The highest BCUT2D eigenvalue weighted by Gasteiger charge is 2.18. The van der Waals surface area contributed by atoms with Crippen LogP contribution < -0.4 is 16.2 Å². The SMILES string of the molecule is CCOC(=O)c1ccc(N)cc1OC(C)C(N)=O. The average Bonchev–Trinajstić information content (AvgIpc) is 2.29. The molecule has 0 fully saturated rings. The summed E-state index contributed by atoms with van der Waals surface area (Å²) >= 11 is 0. The van der Waals surface area contributed by atoms with Gasteiger partial charge in [0.25, 0.3) is 5.91 Å². The minimum atomic E-state index is -0.861. The number of hydrogen-bond donors (Lipinski definition) is 2. The fourth-order valence-electron chi connectivity index (χ4n) is 1.26. The van der Waals surface area contributed by atoms with E-state index in [1.165, 1.54) is 19.1 Å². The molecular weight excluding hydrogens is 236 g/mol. The number of hydrogen-bond acceptors (Lipinski definition) is 5. The zero-order valence-electron chi connectivity index (χ0n) is 10.3. The van der Waals surface area contributed by atoms with Crippen molar-refractivity contribution in [3.8, 4) is 5.75 Å². The fraction of sp³-hybridized carbons (Fsp3) is 0.333. The molecule has 6 nitrogen and oxygen atoms in total. The number of anilines is 1. The number of amides is 1. The van der Waals surface area contributed by atoms with Gasteiger partial charge < -0.3 is 20.9 Å². The Morgan fingerprint density at radius 1 is 1.39 bits per heavy atom. The Morgan fingerprint density at radius 3 is 2.61 bits per heavy atom. The summed E-state index contributed by atoms with van der Waals surface area (Å²) in [6, 6.07) is 4.48. The van der Waals surface area contributed by atoms with Gasteiger partial charge in [0.1, 0.15) is 11.3 Å². The van der Waals surface area contributed by atoms with Gasteiger partial charge in [-0.15, -0.1) is 0 Å². The van der Waals surface area contributed by atoms with E-state index >= 15 is 0 Å². The van der Waals surface area contributed by atoms with E-state index in [-0.39, 0.29) is 17.9 Å². The van der Waals surface area contributed by atoms with Crippen LogP contribution in [0.15, 0.2) is 18.2 Å². The van der Waals surface area contributed by atoms with E-state index in [1.54, 1.807) is 13.0 Å². The van der Waals surface area contributed by atoms with Crippen LogP contribution in [0.3, 0.4) is 0 Å². The number of primary amides is 1. The van der Waals surface area contributed by atoms with Crippen molar-refractivity contribution < 1.29 is 19.1 Å². The summed E-state index contributed by atoms with van der Waals surface area (Å²) < 4.78 is 10.2. The van der Waals surface area contributed by atoms with E-state index in [0.29, 0.717) is 5.69 Å². The van der Waals surface area contributed by atoms with Gasteiger partial charge in [-0.1, -0.05) is 0 Å². The first kappa shape index (κ1) is 13.8. The van der Waals surface area contributed by atoms with Gasteiger partial charge in [-0.25, -0.2) is 4.79 Å². The molecular formula is C12H16N2O4. The molecule has 0 saturated heterocycles. The summed E-state index contributed by atoms with van der Waals surface area (Å²) in [7, 11) is 0. The van der Waals surface area contributed by atoms with E-state index in [4.69, 9.17) is 20.9 Å². The molecule has 1 atom stereocenters. The van der Waals surface area contributed by atoms with Gasteiger partial charge in [0.15, 0.2) is 6.10 Å². The fourth-order valence-corrected chi connectivity index (χ4v) is 1.26. The maximum absolute atomic E-state index is 11.7. The minimum Gasteiger partial charge on any atom is -0.480 e. The monoisotopic (exact) mass is 252 g/mol. The van der Waals surface area contributed by atoms with E-state index < -0.39 is 18.0 Å². The maximum atomic E-state index is 11.7. The van der Waals surface area contributed by atoms with Crippen LogP contribution in [-0.4, -0.2) is 24.6 Å². The third kappa shape index (κ3) is 3.38. The molecule has 0 radical (unpaired) electrons. The number of esters is 1. The smallest absolute Gasteiger partial charge is 0.341 e. The Bertz CT molecular complexity index is 459. The molecule has 0 aliphatic carbocycles. The molecule has 1 amide bonds.